The third-order valence-electron chi connectivity index (χ3n) is 3.36. The lowest BCUT2D eigenvalue weighted by molar-refractivity contribution is 0.411. The van der Waals surface area contributed by atoms with E-state index < -0.39 is 0 Å². The van der Waals surface area contributed by atoms with Crippen LogP contribution >= 0.6 is 0 Å². The van der Waals surface area contributed by atoms with E-state index in [9.17, 15) is 0 Å². The van der Waals surface area contributed by atoms with E-state index in [0.29, 0.717) is 11.6 Å². The zero-order valence-electron chi connectivity index (χ0n) is 11.8. The van der Waals surface area contributed by atoms with Crippen molar-refractivity contribution >= 4 is 5.88 Å². The average molecular weight is 281 g/mol. The van der Waals surface area contributed by atoms with Crippen molar-refractivity contribution in [3.8, 4) is 28.1 Å². The molecule has 0 amide bonds. The molecule has 0 aliphatic carbocycles. The molecule has 1 aromatic carbocycles. The van der Waals surface area contributed by atoms with Crippen LogP contribution in [0.2, 0.25) is 0 Å². The van der Waals surface area contributed by atoms with Crippen LogP contribution in [0, 0.1) is 6.92 Å². The molecule has 0 aliphatic rings. The topological polar surface area (TPSA) is 74.2 Å². The quantitative estimate of drug-likeness (QED) is 0.797. The molecule has 0 saturated carbocycles. The van der Waals surface area contributed by atoms with Gasteiger partial charge in [0, 0.05) is 18.0 Å². The molecule has 0 radical (unpaired) electrons. The molecule has 21 heavy (non-hydrogen) atoms. The van der Waals surface area contributed by atoms with Crippen molar-refractivity contribution in [3.63, 3.8) is 0 Å². The number of nitrogen functional groups attached to an aromatic ring is 1. The summed E-state index contributed by atoms with van der Waals surface area (Å²) in [6.45, 7) is 1.98. The van der Waals surface area contributed by atoms with Crippen LogP contribution in [-0.4, -0.2) is 17.3 Å². The van der Waals surface area contributed by atoms with Crippen LogP contribution in [0.25, 0.3) is 22.4 Å². The number of ether oxygens (including phenoxy) is 1. The second-order valence-corrected chi connectivity index (χ2v) is 4.69. The van der Waals surface area contributed by atoms with E-state index in [1.54, 1.807) is 19.5 Å². The molecule has 5 heteroatoms. The predicted molar refractivity (Wildman–Crippen MR) is 80.9 cm³/mol. The van der Waals surface area contributed by atoms with E-state index in [0.717, 1.165) is 28.0 Å². The fraction of sp³-hybridized carbons (Fsp3) is 0.125. The Hall–Kier alpha value is -2.82. The largest absolute Gasteiger partial charge is 0.496 e. The van der Waals surface area contributed by atoms with E-state index >= 15 is 0 Å². The standard InChI is InChI=1S/C16H15N3O2/c1-10-9-12(3-4-13(10)20-2)15-14(16(17)21-19-15)11-5-7-18-8-6-11/h3-9H,17H2,1-2H3. The smallest absolute Gasteiger partial charge is 0.230 e. The van der Waals surface area contributed by atoms with Crippen molar-refractivity contribution in [1.29, 1.82) is 0 Å². The summed E-state index contributed by atoms with van der Waals surface area (Å²) in [6, 6.07) is 9.60. The van der Waals surface area contributed by atoms with Crippen LogP contribution in [0.3, 0.4) is 0 Å². The SMILES string of the molecule is COc1ccc(-c2noc(N)c2-c2ccncc2)cc1C. The summed E-state index contributed by atoms with van der Waals surface area (Å²) in [6.07, 6.45) is 3.43. The lowest BCUT2D eigenvalue weighted by Crippen LogP contribution is -1.90. The zero-order valence-corrected chi connectivity index (χ0v) is 11.8. The van der Waals surface area contributed by atoms with Gasteiger partial charge < -0.3 is 15.0 Å². The Morgan fingerprint density at radius 1 is 1.10 bits per heavy atom. The van der Waals surface area contributed by atoms with Crippen molar-refractivity contribution < 1.29 is 9.26 Å². The van der Waals surface area contributed by atoms with Crippen LogP contribution < -0.4 is 10.5 Å². The molecule has 2 heterocycles. The highest BCUT2D eigenvalue weighted by Gasteiger charge is 2.17. The zero-order chi connectivity index (χ0) is 14.8. The molecule has 5 nitrogen and oxygen atoms in total. The minimum atomic E-state index is 0.296. The highest BCUT2D eigenvalue weighted by molar-refractivity contribution is 5.86. The second-order valence-electron chi connectivity index (χ2n) is 4.69. The van der Waals surface area contributed by atoms with Crippen molar-refractivity contribution in [2.45, 2.75) is 6.92 Å². The first-order valence-electron chi connectivity index (χ1n) is 6.51. The molecule has 0 aliphatic heterocycles. The minimum absolute atomic E-state index is 0.296. The number of anilines is 1. The van der Waals surface area contributed by atoms with E-state index in [-0.39, 0.29) is 0 Å². The van der Waals surface area contributed by atoms with Crippen LogP contribution in [0.15, 0.2) is 47.2 Å². The fourth-order valence-corrected chi connectivity index (χ4v) is 2.32. The Labute approximate surface area is 122 Å². The molecule has 0 bridgehead atoms. The molecule has 0 unspecified atom stereocenters. The summed E-state index contributed by atoms with van der Waals surface area (Å²) in [5.41, 5.74) is 10.3. The highest BCUT2D eigenvalue weighted by Crippen LogP contribution is 2.37. The summed E-state index contributed by atoms with van der Waals surface area (Å²) in [7, 11) is 1.65. The van der Waals surface area contributed by atoms with Gasteiger partial charge in [0.2, 0.25) is 5.88 Å². The Morgan fingerprint density at radius 3 is 2.52 bits per heavy atom. The predicted octanol–water partition coefficient (Wildman–Crippen LogP) is 3.30. The van der Waals surface area contributed by atoms with Gasteiger partial charge in [-0.25, -0.2) is 0 Å². The van der Waals surface area contributed by atoms with Crippen LogP contribution in [0.1, 0.15) is 5.56 Å². The molecule has 3 aromatic rings. The van der Waals surface area contributed by atoms with Crippen LogP contribution in [0.5, 0.6) is 5.75 Å². The summed E-state index contributed by atoms with van der Waals surface area (Å²) < 4.78 is 10.5. The van der Waals surface area contributed by atoms with Crippen molar-refractivity contribution in [2.75, 3.05) is 12.8 Å². The van der Waals surface area contributed by atoms with E-state index in [1.807, 2.05) is 37.3 Å². The van der Waals surface area contributed by atoms with Crippen molar-refractivity contribution in [3.05, 3.63) is 48.3 Å². The second kappa shape index (κ2) is 5.28. The molecule has 3 rings (SSSR count). The molecule has 0 saturated heterocycles. The molecule has 106 valence electrons. The number of nitrogens with zero attached hydrogens (tertiary/aromatic N) is 2. The number of benzene rings is 1. The number of hydrogen-bond acceptors (Lipinski definition) is 5. The molecule has 2 aromatic heterocycles. The first kappa shape index (κ1) is 13.2. The summed E-state index contributed by atoms with van der Waals surface area (Å²) in [4.78, 5) is 4.02. The lowest BCUT2D eigenvalue weighted by Gasteiger charge is -2.07. The normalized spacial score (nSPS) is 10.6. The van der Waals surface area contributed by atoms with Crippen LogP contribution in [-0.2, 0) is 0 Å². The highest BCUT2D eigenvalue weighted by atomic mass is 16.5. The van der Waals surface area contributed by atoms with E-state index in [2.05, 4.69) is 10.1 Å². The number of hydrogen-bond donors (Lipinski definition) is 1. The van der Waals surface area contributed by atoms with Gasteiger partial charge in [-0.05, 0) is 48.4 Å². The van der Waals surface area contributed by atoms with Crippen molar-refractivity contribution in [2.24, 2.45) is 0 Å². The van der Waals surface area contributed by atoms with E-state index in [1.165, 1.54) is 0 Å². The fourth-order valence-electron chi connectivity index (χ4n) is 2.32. The van der Waals surface area contributed by atoms with Gasteiger partial charge in [-0.2, -0.15) is 0 Å². The van der Waals surface area contributed by atoms with Gasteiger partial charge in [-0.1, -0.05) is 5.16 Å². The molecule has 0 fully saturated rings. The van der Waals surface area contributed by atoms with Crippen molar-refractivity contribution in [1.82, 2.24) is 10.1 Å². The van der Waals surface area contributed by atoms with Gasteiger partial charge in [0.25, 0.3) is 0 Å². The third-order valence-corrected chi connectivity index (χ3v) is 3.36. The summed E-state index contributed by atoms with van der Waals surface area (Å²) in [5.74, 6) is 1.13. The summed E-state index contributed by atoms with van der Waals surface area (Å²) in [5, 5.41) is 4.10. The Bertz CT molecular complexity index is 766. The minimum Gasteiger partial charge on any atom is -0.496 e. The molecular formula is C16H15N3O2. The molecular weight excluding hydrogens is 266 g/mol. The molecule has 0 atom stereocenters. The molecule has 2 N–H and O–H groups in total. The third kappa shape index (κ3) is 2.33. The average Bonchev–Trinajstić information content (AvgIpc) is 2.90. The first-order valence-corrected chi connectivity index (χ1v) is 6.51. The molecule has 0 spiro atoms. The van der Waals surface area contributed by atoms with Gasteiger partial charge in [-0.3, -0.25) is 4.98 Å². The maximum Gasteiger partial charge on any atom is 0.230 e. The Kier molecular flexibility index (Phi) is 3.31. The van der Waals surface area contributed by atoms with E-state index in [4.69, 9.17) is 15.0 Å². The maximum atomic E-state index is 5.93. The first-order chi connectivity index (χ1) is 10.2. The maximum absolute atomic E-state index is 5.93. The number of rotatable bonds is 3. The number of aromatic nitrogens is 2. The lowest BCUT2D eigenvalue weighted by atomic mass is 10.0. The number of aryl methyl sites for hydroxylation is 1. The monoisotopic (exact) mass is 281 g/mol. The summed E-state index contributed by atoms with van der Waals surface area (Å²) >= 11 is 0. The number of pyridine rings is 1. The Balaban J connectivity index is 2.14. The van der Waals surface area contributed by atoms with Gasteiger partial charge in [0.15, 0.2) is 0 Å². The van der Waals surface area contributed by atoms with Crippen LogP contribution in [0.4, 0.5) is 5.88 Å². The number of nitrogens with two attached hydrogens (primary N) is 1. The van der Waals surface area contributed by atoms with Gasteiger partial charge in [0.05, 0.1) is 12.7 Å². The van der Waals surface area contributed by atoms with Gasteiger partial charge in [0.1, 0.15) is 11.4 Å². The Morgan fingerprint density at radius 2 is 1.86 bits per heavy atom. The number of methoxy groups -OCH3 is 1. The van der Waals surface area contributed by atoms with Gasteiger partial charge in [-0.15, -0.1) is 0 Å². The van der Waals surface area contributed by atoms with Gasteiger partial charge >= 0.3 is 0 Å².